The molecule has 1 unspecified atom stereocenters. The maximum absolute atomic E-state index is 13.6. The molecule has 1 aromatic carbocycles. The number of hydrogen-bond acceptors (Lipinski definition) is 8. The Morgan fingerprint density at radius 3 is 2.81 bits per heavy atom. The van der Waals surface area contributed by atoms with Crippen LogP contribution < -0.4 is 10.6 Å². The summed E-state index contributed by atoms with van der Waals surface area (Å²) in [5.74, 6) is -0.973. The maximum atomic E-state index is 13.6. The summed E-state index contributed by atoms with van der Waals surface area (Å²) in [4.78, 5) is 25.5. The zero-order valence-corrected chi connectivity index (χ0v) is 17.7. The molecule has 0 aliphatic carbocycles. The number of carbonyl (C=O) groups is 1. The molecule has 0 radical (unpaired) electrons. The van der Waals surface area contributed by atoms with Gasteiger partial charge >= 0.3 is 0 Å². The molecule has 3 N–H and O–H groups in total. The lowest BCUT2D eigenvalue weighted by Gasteiger charge is -2.11. The monoisotopic (exact) mass is 457 g/mol. The number of nitrogens with zero attached hydrogens (tertiary/aromatic N) is 4. The molecule has 4 rings (SSSR count). The number of rotatable bonds is 7. The maximum Gasteiger partial charge on any atom is 0.255 e. The van der Waals surface area contributed by atoms with Gasteiger partial charge in [0.2, 0.25) is 0 Å². The number of aromatic nitrogens is 4. The molecule has 3 heterocycles. The summed E-state index contributed by atoms with van der Waals surface area (Å²) in [6.45, 7) is 1.72. The molecule has 0 saturated carbocycles. The summed E-state index contributed by atoms with van der Waals surface area (Å²) in [6.07, 6.45) is 5.25. The van der Waals surface area contributed by atoms with Crippen molar-refractivity contribution in [2.75, 3.05) is 12.4 Å². The van der Waals surface area contributed by atoms with Crippen LogP contribution in [0.4, 0.5) is 14.0 Å². The standard InChI is InChI=1S/C20H17F2N7O2S/c1-10(16-8-31-9-26-16)27-20(30)13-7-29(32-22)19-18(13)28-15(6-25-19)17(23)12-4-3-11(21)5-14(12)24-2/h3-10,23-24H,1-2H3,(H,27,30). The SMILES string of the molecule is CNc1cc(F)ccc1C(=N)c1cnc2c(n1)c(C(=O)NC(C)c1cocn1)cn2SF. The first-order valence-electron chi connectivity index (χ1n) is 9.35. The van der Waals surface area contributed by atoms with E-state index in [1.165, 1.54) is 43.2 Å². The lowest BCUT2D eigenvalue weighted by molar-refractivity contribution is 0.0940. The normalized spacial score (nSPS) is 12.0. The predicted octanol–water partition coefficient (Wildman–Crippen LogP) is 3.89. The van der Waals surface area contributed by atoms with Crippen LogP contribution in [0.5, 0.6) is 0 Å². The first-order chi connectivity index (χ1) is 15.4. The van der Waals surface area contributed by atoms with Crippen molar-refractivity contribution in [2.24, 2.45) is 0 Å². The Morgan fingerprint density at radius 1 is 1.31 bits per heavy atom. The van der Waals surface area contributed by atoms with E-state index in [0.717, 1.165) is 3.97 Å². The van der Waals surface area contributed by atoms with Gasteiger partial charge in [0.15, 0.2) is 24.4 Å². The van der Waals surface area contributed by atoms with Gasteiger partial charge < -0.3 is 15.1 Å². The summed E-state index contributed by atoms with van der Waals surface area (Å²) in [6, 6.07) is 3.47. The minimum atomic E-state index is -0.519. The Morgan fingerprint density at radius 2 is 2.12 bits per heavy atom. The molecule has 32 heavy (non-hydrogen) atoms. The van der Waals surface area contributed by atoms with Crippen LogP contribution in [0.3, 0.4) is 0 Å². The summed E-state index contributed by atoms with van der Waals surface area (Å²) < 4.78 is 33.0. The molecule has 0 fully saturated rings. The smallest absolute Gasteiger partial charge is 0.255 e. The van der Waals surface area contributed by atoms with E-state index >= 15 is 0 Å². The molecular weight excluding hydrogens is 440 g/mol. The van der Waals surface area contributed by atoms with Gasteiger partial charge in [0.05, 0.1) is 23.5 Å². The van der Waals surface area contributed by atoms with E-state index in [-0.39, 0.29) is 40.5 Å². The summed E-state index contributed by atoms with van der Waals surface area (Å²) in [7, 11) is 1.61. The van der Waals surface area contributed by atoms with Gasteiger partial charge in [-0.15, -0.1) is 3.89 Å². The molecule has 0 saturated heterocycles. The van der Waals surface area contributed by atoms with Crippen molar-refractivity contribution >= 4 is 40.8 Å². The minimum absolute atomic E-state index is 0.0354. The zero-order valence-electron chi connectivity index (χ0n) is 16.9. The molecule has 1 amide bonds. The van der Waals surface area contributed by atoms with Crippen LogP contribution >= 0.6 is 12.3 Å². The van der Waals surface area contributed by atoms with E-state index in [0.29, 0.717) is 16.9 Å². The van der Waals surface area contributed by atoms with Crippen molar-refractivity contribution in [3.8, 4) is 0 Å². The lowest BCUT2D eigenvalue weighted by Crippen LogP contribution is -2.26. The number of nitrogens with one attached hydrogen (secondary N) is 3. The van der Waals surface area contributed by atoms with Crippen LogP contribution in [0.2, 0.25) is 0 Å². The van der Waals surface area contributed by atoms with Gasteiger partial charge in [0, 0.05) is 24.5 Å². The highest BCUT2D eigenvalue weighted by Crippen LogP contribution is 2.26. The molecule has 0 aliphatic heterocycles. The first-order valence-corrected chi connectivity index (χ1v) is 10.0. The Balaban J connectivity index is 1.73. The Kier molecular flexibility index (Phi) is 5.86. The highest BCUT2D eigenvalue weighted by molar-refractivity contribution is 7.92. The van der Waals surface area contributed by atoms with Crippen molar-refractivity contribution in [2.45, 2.75) is 13.0 Å². The lowest BCUT2D eigenvalue weighted by atomic mass is 10.1. The Labute approximate surface area is 185 Å². The van der Waals surface area contributed by atoms with E-state index in [1.54, 1.807) is 14.0 Å². The second kappa shape index (κ2) is 8.75. The van der Waals surface area contributed by atoms with Crippen molar-refractivity contribution in [3.63, 3.8) is 0 Å². The fourth-order valence-corrected chi connectivity index (χ4v) is 3.51. The average Bonchev–Trinajstić information content (AvgIpc) is 3.46. The molecular formula is C20H17F2N7O2S. The largest absolute Gasteiger partial charge is 0.451 e. The second-order valence-electron chi connectivity index (χ2n) is 6.79. The van der Waals surface area contributed by atoms with Gasteiger partial charge in [-0.05, 0) is 25.1 Å². The second-order valence-corrected chi connectivity index (χ2v) is 7.32. The third-order valence-corrected chi connectivity index (χ3v) is 5.23. The van der Waals surface area contributed by atoms with Gasteiger partial charge in [-0.25, -0.2) is 23.3 Å². The number of hydrogen-bond donors (Lipinski definition) is 3. The Bertz CT molecular complexity index is 1310. The van der Waals surface area contributed by atoms with Gasteiger partial charge in [-0.2, -0.15) is 0 Å². The topological polar surface area (TPSA) is 122 Å². The third kappa shape index (κ3) is 3.91. The highest BCUT2D eigenvalue weighted by Gasteiger charge is 2.22. The van der Waals surface area contributed by atoms with Crippen molar-refractivity contribution in [1.82, 2.24) is 24.2 Å². The van der Waals surface area contributed by atoms with Crippen LogP contribution in [0, 0.1) is 11.2 Å². The third-order valence-electron chi connectivity index (χ3n) is 4.80. The molecule has 164 valence electrons. The molecule has 0 aliphatic rings. The van der Waals surface area contributed by atoms with Gasteiger partial charge in [0.25, 0.3) is 5.91 Å². The number of anilines is 1. The zero-order chi connectivity index (χ0) is 22.8. The van der Waals surface area contributed by atoms with Crippen molar-refractivity contribution < 1.29 is 17.5 Å². The fourth-order valence-electron chi connectivity index (χ4n) is 3.17. The van der Waals surface area contributed by atoms with Crippen LogP contribution in [0.25, 0.3) is 11.2 Å². The number of carbonyl (C=O) groups excluding carboxylic acids is 1. The van der Waals surface area contributed by atoms with E-state index in [1.807, 2.05) is 0 Å². The summed E-state index contributed by atoms with van der Waals surface area (Å²) >= 11 is -0.127. The van der Waals surface area contributed by atoms with Crippen LogP contribution in [-0.2, 0) is 0 Å². The average molecular weight is 457 g/mol. The Hall–Kier alpha value is -3.80. The number of halogens is 2. The minimum Gasteiger partial charge on any atom is -0.451 e. The molecule has 1 atom stereocenters. The summed E-state index contributed by atoms with van der Waals surface area (Å²) in [5.41, 5.74) is 1.74. The molecule has 3 aromatic heterocycles. The number of oxazole rings is 1. The number of amides is 1. The van der Waals surface area contributed by atoms with E-state index in [9.17, 15) is 13.1 Å². The predicted molar refractivity (Wildman–Crippen MR) is 116 cm³/mol. The fraction of sp³-hybridized carbons (Fsp3) is 0.150. The van der Waals surface area contributed by atoms with Crippen LogP contribution in [0.15, 0.2) is 47.7 Å². The first kappa shape index (κ1) is 21.4. The van der Waals surface area contributed by atoms with Crippen LogP contribution in [0.1, 0.15) is 40.3 Å². The van der Waals surface area contributed by atoms with Crippen molar-refractivity contribution in [3.05, 3.63) is 71.6 Å². The number of fused-ring (bicyclic) bond motifs is 1. The van der Waals surface area contributed by atoms with E-state index in [2.05, 4.69) is 25.6 Å². The summed E-state index contributed by atoms with van der Waals surface area (Å²) in [5, 5.41) is 14.1. The van der Waals surface area contributed by atoms with Gasteiger partial charge in [-0.3, -0.25) is 10.2 Å². The molecule has 0 bridgehead atoms. The molecule has 9 nitrogen and oxygen atoms in total. The quantitative estimate of drug-likeness (QED) is 0.360. The van der Waals surface area contributed by atoms with Gasteiger partial charge in [-0.1, -0.05) is 0 Å². The van der Waals surface area contributed by atoms with Crippen LogP contribution in [-0.4, -0.2) is 37.6 Å². The highest BCUT2D eigenvalue weighted by atomic mass is 32.2. The van der Waals surface area contributed by atoms with E-state index < -0.39 is 17.8 Å². The number of benzene rings is 1. The van der Waals surface area contributed by atoms with Gasteiger partial charge in [0.1, 0.15) is 29.0 Å². The van der Waals surface area contributed by atoms with Crippen molar-refractivity contribution in [1.29, 1.82) is 5.41 Å². The molecule has 4 aromatic rings. The molecule has 0 spiro atoms. The molecule has 12 heteroatoms. The van der Waals surface area contributed by atoms with E-state index in [4.69, 9.17) is 9.83 Å².